The second-order valence-electron chi connectivity index (χ2n) is 4.47. The molecule has 0 aromatic carbocycles. The molecule has 0 aliphatic heterocycles. The molecule has 17 heavy (non-hydrogen) atoms. The van der Waals surface area contributed by atoms with E-state index in [0.717, 1.165) is 12.8 Å². The van der Waals surface area contributed by atoms with E-state index < -0.39 is 22.0 Å². The number of sulfonamides is 1. The van der Waals surface area contributed by atoms with Crippen LogP contribution in [0.25, 0.3) is 0 Å². The van der Waals surface area contributed by atoms with E-state index >= 15 is 0 Å². The lowest BCUT2D eigenvalue weighted by atomic mass is 10.1. The Hall–Kier alpha value is -0.620. The number of rotatable bonds is 9. The van der Waals surface area contributed by atoms with Crippen LogP contribution >= 0.6 is 0 Å². The fourth-order valence-electron chi connectivity index (χ4n) is 1.74. The molecule has 0 spiro atoms. The third-order valence-electron chi connectivity index (χ3n) is 2.48. The SMILES string of the molecule is CCCC(C)CS(=O)(=O)NC(CCC)C(=O)O. The van der Waals surface area contributed by atoms with Gasteiger partial charge in [0.25, 0.3) is 0 Å². The van der Waals surface area contributed by atoms with Crippen molar-refractivity contribution in [3.8, 4) is 0 Å². The van der Waals surface area contributed by atoms with Crippen LogP contribution in [0.2, 0.25) is 0 Å². The van der Waals surface area contributed by atoms with Gasteiger partial charge in [0.2, 0.25) is 10.0 Å². The molecule has 0 amide bonds. The van der Waals surface area contributed by atoms with Gasteiger partial charge in [0, 0.05) is 0 Å². The molecule has 0 aliphatic rings. The summed E-state index contributed by atoms with van der Waals surface area (Å²) in [4.78, 5) is 10.9. The van der Waals surface area contributed by atoms with Crippen LogP contribution in [-0.4, -0.2) is 31.3 Å². The maximum atomic E-state index is 11.7. The third kappa shape index (κ3) is 7.33. The minimum Gasteiger partial charge on any atom is -0.480 e. The summed E-state index contributed by atoms with van der Waals surface area (Å²) in [5.41, 5.74) is 0. The fourth-order valence-corrected chi connectivity index (χ4v) is 3.40. The molecule has 0 radical (unpaired) electrons. The lowest BCUT2D eigenvalue weighted by Gasteiger charge is -2.16. The van der Waals surface area contributed by atoms with Crippen molar-refractivity contribution in [2.24, 2.45) is 5.92 Å². The van der Waals surface area contributed by atoms with Crippen LogP contribution in [0.15, 0.2) is 0 Å². The van der Waals surface area contributed by atoms with E-state index in [9.17, 15) is 13.2 Å². The Morgan fingerprint density at radius 2 is 1.76 bits per heavy atom. The van der Waals surface area contributed by atoms with Gasteiger partial charge in [-0.2, -0.15) is 0 Å². The van der Waals surface area contributed by atoms with Gasteiger partial charge < -0.3 is 5.11 Å². The highest BCUT2D eigenvalue weighted by molar-refractivity contribution is 7.89. The van der Waals surface area contributed by atoms with Gasteiger partial charge in [-0.1, -0.05) is 33.6 Å². The van der Waals surface area contributed by atoms with Crippen molar-refractivity contribution in [1.29, 1.82) is 0 Å². The van der Waals surface area contributed by atoms with Crippen LogP contribution in [-0.2, 0) is 14.8 Å². The van der Waals surface area contributed by atoms with Crippen molar-refractivity contribution in [2.75, 3.05) is 5.75 Å². The summed E-state index contributed by atoms with van der Waals surface area (Å²) in [5, 5.41) is 8.88. The van der Waals surface area contributed by atoms with E-state index in [0.29, 0.717) is 12.8 Å². The van der Waals surface area contributed by atoms with E-state index in [4.69, 9.17) is 5.11 Å². The van der Waals surface area contributed by atoms with Gasteiger partial charge in [-0.3, -0.25) is 4.79 Å². The zero-order valence-corrected chi connectivity index (χ0v) is 11.6. The summed E-state index contributed by atoms with van der Waals surface area (Å²) in [6.07, 6.45) is 2.70. The molecule has 2 unspecified atom stereocenters. The highest BCUT2D eigenvalue weighted by atomic mass is 32.2. The van der Waals surface area contributed by atoms with Crippen LogP contribution in [0.1, 0.15) is 46.5 Å². The molecule has 0 saturated carbocycles. The molecule has 2 N–H and O–H groups in total. The quantitative estimate of drug-likeness (QED) is 0.663. The Labute approximate surface area is 104 Å². The summed E-state index contributed by atoms with van der Waals surface area (Å²) in [5.74, 6) is -1.07. The van der Waals surface area contributed by atoms with Crippen molar-refractivity contribution in [3.63, 3.8) is 0 Å². The molecule has 102 valence electrons. The average Bonchev–Trinajstić information content (AvgIpc) is 2.15. The molecule has 0 aliphatic carbocycles. The van der Waals surface area contributed by atoms with Crippen molar-refractivity contribution in [3.05, 3.63) is 0 Å². The Balaban J connectivity index is 4.45. The molecule has 0 fully saturated rings. The van der Waals surface area contributed by atoms with Crippen LogP contribution in [0.4, 0.5) is 0 Å². The molecule has 5 nitrogen and oxygen atoms in total. The number of aliphatic carboxylic acids is 1. The van der Waals surface area contributed by atoms with Gasteiger partial charge in [-0.25, -0.2) is 13.1 Å². The topological polar surface area (TPSA) is 83.5 Å². The highest BCUT2D eigenvalue weighted by Crippen LogP contribution is 2.09. The predicted molar refractivity (Wildman–Crippen MR) is 67.3 cm³/mol. The van der Waals surface area contributed by atoms with Gasteiger partial charge >= 0.3 is 5.97 Å². The van der Waals surface area contributed by atoms with E-state index in [1.807, 2.05) is 20.8 Å². The number of nitrogens with one attached hydrogen (secondary N) is 1. The fraction of sp³-hybridized carbons (Fsp3) is 0.909. The molecule has 0 aromatic rings. The van der Waals surface area contributed by atoms with Crippen molar-refractivity contribution in [1.82, 2.24) is 4.72 Å². The first-order chi connectivity index (χ1) is 7.82. The standard InChI is InChI=1S/C11H23NO4S/c1-4-6-9(3)8-17(15,16)12-10(7-5-2)11(13)14/h9-10,12H,4-8H2,1-3H3,(H,13,14). The largest absolute Gasteiger partial charge is 0.480 e. The second kappa shape index (κ2) is 7.66. The van der Waals surface area contributed by atoms with Crippen LogP contribution < -0.4 is 4.72 Å². The maximum absolute atomic E-state index is 11.7. The predicted octanol–water partition coefficient (Wildman–Crippen LogP) is 1.60. The van der Waals surface area contributed by atoms with Gasteiger partial charge in [-0.15, -0.1) is 0 Å². The smallest absolute Gasteiger partial charge is 0.321 e. The Kier molecular flexibility index (Phi) is 7.38. The first-order valence-electron chi connectivity index (χ1n) is 6.05. The molecular formula is C11H23NO4S. The van der Waals surface area contributed by atoms with Crippen LogP contribution in [0, 0.1) is 5.92 Å². The zero-order chi connectivity index (χ0) is 13.5. The third-order valence-corrected chi connectivity index (χ3v) is 4.13. The second-order valence-corrected chi connectivity index (χ2v) is 6.27. The van der Waals surface area contributed by atoms with E-state index in [1.54, 1.807) is 0 Å². The lowest BCUT2D eigenvalue weighted by molar-refractivity contribution is -0.139. The summed E-state index contributed by atoms with van der Waals surface area (Å²) >= 11 is 0. The highest BCUT2D eigenvalue weighted by Gasteiger charge is 2.24. The Morgan fingerprint density at radius 3 is 2.18 bits per heavy atom. The number of carbonyl (C=O) groups is 1. The molecule has 0 heterocycles. The molecule has 0 saturated heterocycles. The number of hydrogen-bond donors (Lipinski definition) is 2. The maximum Gasteiger partial charge on any atom is 0.321 e. The molecule has 0 aromatic heterocycles. The van der Waals surface area contributed by atoms with Crippen molar-refractivity contribution < 1.29 is 18.3 Å². The van der Waals surface area contributed by atoms with Crippen LogP contribution in [0.5, 0.6) is 0 Å². The minimum atomic E-state index is -3.50. The molecule has 0 bridgehead atoms. The zero-order valence-electron chi connectivity index (χ0n) is 10.8. The van der Waals surface area contributed by atoms with E-state index in [-0.39, 0.29) is 11.7 Å². The summed E-state index contributed by atoms with van der Waals surface area (Å²) in [6, 6.07) is -1.00. The Bertz CT molecular complexity index is 326. The van der Waals surface area contributed by atoms with Crippen molar-refractivity contribution in [2.45, 2.75) is 52.5 Å². The first-order valence-corrected chi connectivity index (χ1v) is 7.70. The molecule has 0 rings (SSSR count). The average molecular weight is 265 g/mol. The van der Waals surface area contributed by atoms with E-state index in [2.05, 4.69) is 4.72 Å². The van der Waals surface area contributed by atoms with Crippen molar-refractivity contribution >= 4 is 16.0 Å². The molecular weight excluding hydrogens is 242 g/mol. The normalized spacial score (nSPS) is 15.5. The Morgan fingerprint density at radius 1 is 1.24 bits per heavy atom. The molecule has 6 heteroatoms. The minimum absolute atomic E-state index is 0.00562. The summed E-state index contributed by atoms with van der Waals surface area (Å²) < 4.78 is 25.7. The number of hydrogen-bond acceptors (Lipinski definition) is 3. The summed E-state index contributed by atoms with van der Waals surface area (Å²) in [7, 11) is -3.50. The first kappa shape index (κ1) is 16.4. The number of carboxylic acids is 1. The van der Waals surface area contributed by atoms with Gasteiger partial charge in [-0.05, 0) is 18.8 Å². The van der Waals surface area contributed by atoms with Gasteiger partial charge in [0.05, 0.1) is 5.75 Å². The monoisotopic (exact) mass is 265 g/mol. The molecule has 2 atom stereocenters. The van der Waals surface area contributed by atoms with Gasteiger partial charge in [0.15, 0.2) is 0 Å². The van der Waals surface area contributed by atoms with Gasteiger partial charge in [0.1, 0.15) is 6.04 Å². The van der Waals surface area contributed by atoms with E-state index in [1.165, 1.54) is 0 Å². The summed E-state index contributed by atoms with van der Waals surface area (Å²) in [6.45, 7) is 5.68. The number of carboxylic acid groups (broad SMARTS) is 1. The lowest BCUT2D eigenvalue weighted by Crippen LogP contribution is -2.42. The van der Waals surface area contributed by atoms with Crippen LogP contribution in [0.3, 0.4) is 0 Å².